The molecule has 0 bridgehead atoms. The van der Waals surface area contributed by atoms with Gasteiger partial charge in [0.15, 0.2) is 0 Å². The average Bonchev–Trinajstić information content (AvgIpc) is 2.72. The highest BCUT2D eigenvalue weighted by Crippen LogP contribution is 2.18. The van der Waals surface area contributed by atoms with Crippen molar-refractivity contribution in [1.82, 2.24) is 9.80 Å². The number of hydrogen-bond acceptors (Lipinski definition) is 2. The first-order valence-electron chi connectivity index (χ1n) is 5.41. The van der Waals surface area contributed by atoms with Crippen LogP contribution in [0.1, 0.15) is 19.8 Å². The third-order valence-electron chi connectivity index (χ3n) is 2.79. The van der Waals surface area contributed by atoms with Gasteiger partial charge in [0, 0.05) is 25.5 Å². The van der Waals surface area contributed by atoms with Crippen LogP contribution in [0.25, 0.3) is 0 Å². The zero-order valence-electron chi connectivity index (χ0n) is 8.76. The molecule has 1 saturated heterocycles. The standard InChI is InChI=1S/C12H18N2/c1-2-8-13-9-4-3-7-12(13)14-10-5-6-11-14/h2-4,7-9,12H,5-6,10-11H2,1H3. The summed E-state index contributed by atoms with van der Waals surface area (Å²) in [7, 11) is 0. The maximum absolute atomic E-state index is 2.53. The molecule has 0 aromatic heterocycles. The summed E-state index contributed by atoms with van der Waals surface area (Å²) >= 11 is 0. The Morgan fingerprint density at radius 1 is 1.21 bits per heavy atom. The quantitative estimate of drug-likeness (QED) is 0.659. The van der Waals surface area contributed by atoms with Gasteiger partial charge in [-0.05, 0) is 31.9 Å². The van der Waals surface area contributed by atoms with Crippen LogP contribution in [0.4, 0.5) is 0 Å². The van der Waals surface area contributed by atoms with Gasteiger partial charge in [-0.1, -0.05) is 12.2 Å². The highest BCUT2D eigenvalue weighted by molar-refractivity contribution is 5.15. The van der Waals surface area contributed by atoms with Gasteiger partial charge in [0.2, 0.25) is 0 Å². The van der Waals surface area contributed by atoms with Crippen LogP contribution in [0, 0.1) is 0 Å². The zero-order chi connectivity index (χ0) is 9.80. The number of allylic oxidation sites excluding steroid dienone is 3. The van der Waals surface area contributed by atoms with Gasteiger partial charge in [0.25, 0.3) is 0 Å². The van der Waals surface area contributed by atoms with Crippen LogP contribution in [0.3, 0.4) is 0 Å². The normalized spacial score (nSPS) is 28.1. The van der Waals surface area contributed by atoms with E-state index in [0.29, 0.717) is 6.17 Å². The van der Waals surface area contributed by atoms with Crippen LogP contribution in [0.15, 0.2) is 36.7 Å². The summed E-state index contributed by atoms with van der Waals surface area (Å²) in [5.74, 6) is 0. The zero-order valence-corrected chi connectivity index (χ0v) is 8.76. The van der Waals surface area contributed by atoms with Gasteiger partial charge in [-0.2, -0.15) is 0 Å². The van der Waals surface area contributed by atoms with Crippen molar-refractivity contribution < 1.29 is 0 Å². The molecule has 0 radical (unpaired) electrons. The monoisotopic (exact) mass is 190 g/mol. The van der Waals surface area contributed by atoms with E-state index in [1.165, 1.54) is 25.9 Å². The van der Waals surface area contributed by atoms with Crippen molar-refractivity contribution in [3.63, 3.8) is 0 Å². The van der Waals surface area contributed by atoms with E-state index >= 15 is 0 Å². The Morgan fingerprint density at radius 3 is 2.71 bits per heavy atom. The summed E-state index contributed by atoms with van der Waals surface area (Å²) in [6.45, 7) is 4.53. The molecule has 2 aliphatic rings. The molecule has 1 atom stereocenters. The molecule has 0 aliphatic carbocycles. The fourth-order valence-corrected chi connectivity index (χ4v) is 2.13. The average molecular weight is 190 g/mol. The lowest BCUT2D eigenvalue weighted by atomic mass is 10.2. The predicted octanol–water partition coefficient (Wildman–Crippen LogP) is 2.33. The van der Waals surface area contributed by atoms with E-state index < -0.39 is 0 Å². The minimum Gasteiger partial charge on any atom is -0.335 e. The molecule has 2 nitrogen and oxygen atoms in total. The summed E-state index contributed by atoms with van der Waals surface area (Å²) in [6.07, 6.45) is 16.0. The molecule has 0 N–H and O–H groups in total. The number of rotatable bonds is 2. The summed E-state index contributed by atoms with van der Waals surface area (Å²) < 4.78 is 0. The topological polar surface area (TPSA) is 6.48 Å². The van der Waals surface area contributed by atoms with Crippen LogP contribution in [0.2, 0.25) is 0 Å². The lowest BCUT2D eigenvalue weighted by Crippen LogP contribution is -2.41. The molecule has 0 amide bonds. The Kier molecular flexibility index (Phi) is 3.04. The fourth-order valence-electron chi connectivity index (χ4n) is 2.13. The fraction of sp³-hybridized carbons (Fsp3) is 0.500. The second-order valence-corrected chi connectivity index (χ2v) is 3.81. The minimum atomic E-state index is 0.443. The molecule has 0 spiro atoms. The number of likely N-dealkylation sites (tertiary alicyclic amines) is 1. The van der Waals surface area contributed by atoms with Crippen LogP contribution in [0.5, 0.6) is 0 Å². The Bertz CT molecular complexity index is 259. The van der Waals surface area contributed by atoms with E-state index in [1.54, 1.807) is 0 Å². The second-order valence-electron chi connectivity index (χ2n) is 3.81. The van der Waals surface area contributed by atoms with E-state index in [2.05, 4.69) is 53.4 Å². The van der Waals surface area contributed by atoms with Crippen molar-refractivity contribution in [3.05, 3.63) is 36.7 Å². The van der Waals surface area contributed by atoms with Crippen molar-refractivity contribution in [2.45, 2.75) is 25.9 Å². The third-order valence-corrected chi connectivity index (χ3v) is 2.79. The Hall–Kier alpha value is -1.02. The van der Waals surface area contributed by atoms with E-state index in [1.807, 2.05) is 0 Å². The van der Waals surface area contributed by atoms with E-state index in [0.717, 1.165) is 0 Å². The van der Waals surface area contributed by atoms with Gasteiger partial charge >= 0.3 is 0 Å². The molecule has 2 rings (SSSR count). The molecule has 1 unspecified atom stereocenters. The third kappa shape index (κ3) is 1.90. The molecule has 1 fully saturated rings. The van der Waals surface area contributed by atoms with Gasteiger partial charge in [0.1, 0.15) is 6.17 Å². The maximum atomic E-state index is 2.53. The Balaban J connectivity index is 2.07. The molecular formula is C12H18N2. The molecule has 14 heavy (non-hydrogen) atoms. The van der Waals surface area contributed by atoms with E-state index in [-0.39, 0.29) is 0 Å². The molecular weight excluding hydrogens is 172 g/mol. The van der Waals surface area contributed by atoms with Crippen LogP contribution >= 0.6 is 0 Å². The largest absolute Gasteiger partial charge is 0.335 e. The highest BCUT2D eigenvalue weighted by atomic mass is 15.3. The van der Waals surface area contributed by atoms with Crippen molar-refractivity contribution in [3.8, 4) is 0 Å². The lowest BCUT2D eigenvalue weighted by molar-refractivity contribution is 0.174. The van der Waals surface area contributed by atoms with Crippen LogP contribution < -0.4 is 0 Å². The van der Waals surface area contributed by atoms with Gasteiger partial charge in [-0.3, -0.25) is 4.90 Å². The number of nitrogens with zero attached hydrogens (tertiary/aromatic N) is 2. The minimum absolute atomic E-state index is 0.443. The van der Waals surface area contributed by atoms with Gasteiger partial charge < -0.3 is 4.90 Å². The summed E-state index contributed by atoms with van der Waals surface area (Å²) in [5.41, 5.74) is 0. The Morgan fingerprint density at radius 2 is 2.00 bits per heavy atom. The molecule has 0 aromatic rings. The van der Waals surface area contributed by atoms with Crippen molar-refractivity contribution in [1.29, 1.82) is 0 Å². The molecule has 0 aromatic carbocycles. The van der Waals surface area contributed by atoms with Crippen LogP contribution in [-0.4, -0.2) is 29.1 Å². The summed E-state index contributed by atoms with van der Waals surface area (Å²) in [5, 5.41) is 0. The van der Waals surface area contributed by atoms with Crippen molar-refractivity contribution in [2.75, 3.05) is 13.1 Å². The first-order valence-corrected chi connectivity index (χ1v) is 5.41. The molecule has 76 valence electrons. The molecule has 0 saturated carbocycles. The van der Waals surface area contributed by atoms with Crippen molar-refractivity contribution in [2.24, 2.45) is 0 Å². The van der Waals surface area contributed by atoms with Gasteiger partial charge in [-0.15, -0.1) is 0 Å². The molecule has 2 heteroatoms. The second kappa shape index (κ2) is 4.47. The summed E-state index contributed by atoms with van der Waals surface area (Å²) in [6, 6.07) is 0. The van der Waals surface area contributed by atoms with Crippen LogP contribution in [-0.2, 0) is 0 Å². The first kappa shape index (κ1) is 9.53. The predicted molar refractivity (Wildman–Crippen MR) is 59.5 cm³/mol. The van der Waals surface area contributed by atoms with Gasteiger partial charge in [0.05, 0.1) is 0 Å². The summed E-state index contributed by atoms with van der Waals surface area (Å²) in [4.78, 5) is 4.80. The van der Waals surface area contributed by atoms with Gasteiger partial charge in [-0.25, -0.2) is 0 Å². The molecule has 2 aliphatic heterocycles. The number of hydrogen-bond donors (Lipinski definition) is 0. The Labute approximate surface area is 86.2 Å². The highest BCUT2D eigenvalue weighted by Gasteiger charge is 2.23. The first-order chi connectivity index (χ1) is 6.92. The lowest BCUT2D eigenvalue weighted by Gasteiger charge is -2.34. The van der Waals surface area contributed by atoms with E-state index in [4.69, 9.17) is 0 Å². The SMILES string of the molecule is CC=CN1C=CC=CC1N1CCCC1. The van der Waals surface area contributed by atoms with E-state index in [9.17, 15) is 0 Å². The molecule has 2 heterocycles. The smallest absolute Gasteiger partial charge is 0.105 e. The van der Waals surface area contributed by atoms with Crippen molar-refractivity contribution >= 4 is 0 Å². The maximum Gasteiger partial charge on any atom is 0.105 e.